The second-order valence-electron chi connectivity index (χ2n) is 5.27. The average molecular weight is 226 g/mol. The fraction of sp³-hybridized carbons (Fsp3) is 0.917. The Hall–Kier alpha value is -0.610. The Labute approximate surface area is 96.8 Å². The predicted molar refractivity (Wildman–Crippen MR) is 62.3 cm³/mol. The van der Waals surface area contributed by atoms with Crippen LogP contribution in [0.2, 0.25) is 0 Å². The highest BCUT2D eigenvalue weighted by Crippen LogP contribution is 2.32. The smallest absolute Gasteiger partial charge is 0.320 e. The van der Waals surface area contributed by atoms with E-state index < -0.39 is 5.97 Å². The molecule has 92 valence electrons. The summed E-state index contributed by atoms with van der Waals surface area (Å²) in [5.74, 6) is 0.638. The molecule has 3 N–H and O–H groups in total. The number of nitrogens with one attached hydrogen (secondary N) is 2. The molecule has 0 saturated carbocycles. The standard InChI is InChI=1S/C12H22N2O2/c1-8-6-9(2-4-13-8)10-3-5-14-11(7-10)12(15)16/h8-11,13-14H,2-7H2,1H3,(H,15,16). The van der Waals surface area contributed by atoms with Gasteiger partial charge in [0.25, 0.3) is 0 Å². The lowest BCUT2D eigenvalue weighted by atomic mass is 9.76. The first-order chi connectivity index (χ1) is 7.66. The molecule has 2 aliphatic heterocycles. The molecule has 0 aromatic carbocycles. The van der Waals surface area contributed by atoms with Crippen molar-refractivity contribution in [3.05, 3.63) is 0 Å². The molecule has 4 nitrogen and oxygen atoms in total. The van der Waals surface area contributed by atoms with E-state index in [9.17, 15) is 4.79 Å². The van der Waals surface area contributed by atoms with Gasteiger partial charge in [-0.2, -0.15) is 0 Å². The molecule has 0 bridgehead atoms. The van der Waals surface area contributed by atoms with Crippen LogP contribution in [-0.2, 0) is 4.79 Å². The Morgan fingerprint density at radius 3 is 2.38 bits per heavy atom. The number of hydrogen-bond acceptors (Lipinski definition) is 3. The van der Waals surface area contributed by atoms with Crippen molar-refractivity contribution in [1.82, 2.24) is 10.6 Å². The molecule has 16 heavy (non-hydrogen) atoms. The predicted octanol–water partition coefficient (Wildman–Crippen LogP) is 0.827. The van der Waals surface area contributed by atoms with Gasteiger partial charge in [0.15, 0.2) is 0 Å². The zero-order valence-corrected chi connectivity index (χ0v) is 9.91. The number of carboxylic acid groups (broad SMARTS) is 1. The fourth-order valence-corrected chi connectivity index (χ4v) is 3.16. The van der Waals surface area contributed by atoms with Gasteiger partial charge in [0.05, 0.1) is 0 Å². The monoisotopic (exact) mass is 226 g/mol. The summed E-state index contributed by atoms with van der Waals surface area (Å²) in [7, 11) is 0. The van der Waals surface area contributed by atoms with Crippen LogP contribution in [0.25, 0.3) is 0 Å². The third-order valence-corrected chi connectivity index (χ3v) is 4.07. The summed E-state index contributed by atoms with van der Waals surface area (Å²) in [5, 5.41) is 15.6. The van der Waals surface area contributed by atoms with Crippen LogP contribution in [0.5, 0.6) is 0 Å². The lowest BCUT2D eigenvalue weighted by molar-refractivity contribution is -0.140. The largest absolute Gasteiger partial charge is 0.480 e. The second kappa shape index (κ2) is 5.15. The van der Waals surface area contributed by atoms with Gasteiger partial charge in [-0.25, -0.2) is 0 Å². The number of hydrogen-bond donors (Lipinski definition) is 3. The molecule has 2 heterocycles. The van der Waals surface area contributed by atoms with Gasteiger partial charge >= 0.3 is 5.97 Å². The molecular formula is C12H22N2O2. The maximum absolute atomic E-state index is 11.0. The molecule has 0 aromatic heterocycles. The summed E-state index contributed by atoms with van der Waals surface area (Å²) in [6.45, 7) is 4.18. The molecule has 2 fully saturated rings. The molecule has 2 saturated heterocycles. The number of aliphatic carboxylic acids is 1. The van der Waals surface area contributed by atoms with Crippen molar-refractivity contribution >= 4 is 5.97 Å². The first-order valence-corrected chi connectivity index (χ1v) is 6.36. The van der Waals surface area contributed by atoms with Gasteiger partial charge in [-0.05, 0) is 57.5 Å². The van der Waals surface area contributed by atoms with Crippen molar-refractivity contribution in [2.75, 3.05) is 13.1 Å². The van der Waals surface area contributed by atoms with Crippen molar-refractivity contribution in [3.8, 4) is 0 Å². The maximum atomic E-state index is 11.0. The van der Waals surface area contributed by atoms with Gasteiger partial charge in [-0.3, -0.25) is 4.79 Å². The summed E-state index contributed by atoms with van der Waals surface area (Å²) < 4.78 is 0. The summed E-state index contributed by atoms with van der Waals surface area (Å²) in [6.07, 6.45) is 4.37. The third-order valence-electron chi connectivity index (χ3n) is 4.07. The first kappa shape index (κ1) is 11.9. The topological polar surface area (TPSA) is 61.4 Å². The van der Waals surface area contributed by atoms with E-state index in [2.05, 4.69) is 17.6 Å². The molecule has 0 aromatic rings. The summed E-state index contributed by atoms with van der Waals surface area (Å²) in [4.78, 5) is 11.0. The van der Waals surface area contributed by atoms with Crippen molar-refractivity contribution in [2.45, 2.75) is 44.7 Å². The molecule has 4 heteroatoms. The van der Waals surface area contributed by atoms with E-state index in [0.717, 1.165) is 31.8 Å². The molecule has 4 atom stereocenters. The average Bonchev–Trinajstić information content (AvgIpc) is 2.29. The minimum atomic E-state index is -0.688. The minimum Gasteiger partial charge on any atom is -0.480 e. The molecule has 4 unspecified atom stereocenters. The van der Waals surface area contributed by atoms with E-state index in [-0.39, 0.29) is 6.04 Å². The van der Waals surface area contributed by atoms with Crippen LogP contribution >= 0.6 is 0 Å². The van der Waals surface area contributed by atoms with Crippen LogP contribution < -0.4 is 10.6 Å². The third kappa shape index (κ3) is 2.74. The fourth-order valence-electron chi connectivity index (χ4n) is 3.16. The number of piperidine rings is 2. The first-order valence-electron chi connectivity index (χ1n) is 6.36. The van der Waals surface area contributed by atoms with Crippen LogP contribution in [0.3, 0.4) is 0 Å². The van der Waals surface area contributed by atoms with Crippen molar-refractivity contribution < 1.29 is 9.90 Å². The minimum absolute atomic E-state index is 0.316. The van der Waals surface area contributed by atoms with Crippen LogP contribution in [0.1, 0.15) is 32.6 Å². The molecule has 0 spiro atoms. The van der Waals surface area contributed by atoms with Crippen molar-refractivity contribution in [3.63, 3.8) is 0 Å². The highest BCUT2D eigenvalue weighted by Gasteiger charge is 2.33. The Balaban J connectivity index is 1.90. The van der Waals surface area contributed by atoms with Crippen LogP contribution in [0.4, 0.5) is 0 Å². The van der Waals surface area contributed by atoms with Gasteiger partial charge in [0.2, 0.25) is 0 Å². The Morgan fingerprint density at radius 2 is 1.75 bits per heavy atom. The number of carbonyl (C=O) groups is 1. The number of carboxylic acids is 1. The summed E-state index contributed by atoms with van der Waals surface area (Å²) in [6, 6.07) is 0.279. The number of rotatable bonds is 2. The van der Waals surface area contributed by atoms with Gasteiger partial charge in [-0.1, -0.05) is 0 Å². The molecule has 2 rings (SSSR count). The van der Waals surface area contributed by atoms with Gasteiger partial charge in [0.1, 0.15) is 6.04 Å². The summed E-state index contributed by atoms with van der Waals surface area (Å²) in [5.41, 5.74) is 0. The van der Waals surface area contributed by atoms with E-state index in [0.29, 0.717) is 12.0 Å². The zero-order valence-electron chi connectivity index (χ0n) is 9.91. The molecule has 0 amide bonds. The van der Waals surface area contributed by atoms with Gasteiger partial charge < -0.3 is 15.7 Å². The Bertz CT molecular complexity index is 257. The highest BCUT2D eigenvalue weighted by atomic mass is 16.4. The van der Waals surface area contributed by atoms with E-state index in [4.69, 9.17) is 5.11 Å². The quantitative estimate of drug-likeness (QED) is 0.652. The van der Waals surface area contributed by atoms with Gasteiger partial charge in [-0.15, -0.1) is 0 Å². The van der Waals surface area contributed by atoms with Crippen molar-refractivity contribution in [2.24, 2.45) is 11.8 Å². The summed E-state index contributed by atoms with van der Waals surface area (Å²) >= 11 is 0. The zero-order chi connectivity index (χ0) is 11.5. The van der Waals surface area contributed by atoms with Crippen molar-refractivity contribution in [1.29, 1.82) is 0 Å². The van der Waals surface area contributed by atoms with E-state index in [1.54, 1.807) is 0 Å². The maximum Gasteiger partial charge on any atom is 0.320 e. The normalized spacial score (nSPS) is 40.6. The van der Waals surface area contributed by atoms with E-state index in [1.165, 1.54) is 12.8 Å². The van der Waals surface area contributed by atoms with Crippen LogP contribution in [0.15, 0.2) is 0 Å². The Morgan fingerprint density at radius 1 is 1.12 bits per heavy atom. The van der Waals surface area contributed by atoms with Crippen LogP contribution in [-0.4, -0.2) is 36.2 Å². The molecule has 0 radical (unpaired) electrons. The van der Waals surface area contributed by atoms with E-state index in [1.807, 2.05) is 0 Å². The van der Waals surface area contributed by atoms with E-state index >= 15 is 0 Å². The Kier molecular flexibility index (Phi) is 3.82. The molecule has 0 aliphatic carbocycles. The SMILES string of the molecule is CC1CC(C2CCNC(C(=O)O)C2)CCN1. The lowest BCUT2D eigenvalue weighted by Crippen LogP contribution is -2.47. The second-order valence-corrected chi connectivity index (χ2v) is 5.27. The van der Waals surface area contributed by atoms with Crippen LogP contribution in [0, 0.1) is 11.8 Å². The highest BCUT2D eigenvalue weighted by molar-refractivity contribution is 5.73. The molecule has 2 aliphatic rings. The lowest BCUT2D eigenvalue weighted by Gasteiger charge is -2.38. The molecular weight excluding hydrogens is 204 g/mol. The van der Waals surface area contributed by atoms with Gasteiger partial charge in [0, 0.05) is 6.04 Å².